The van der Waals surface area contributed by atoms with Crippen LogP contribution in [0.2, 0.25) is 0 Å². The van der Waals surface area contributed by atoms with E-state index in [9.17, 15) is 5.48 Å². The Hall–Kier alpha value is -5.80. The second kappa shape index (κ2) is 20.8. The van der Waals surface area contributed by atoms with Gasteiger partial charge in [-0.15, -0.1) is 108 Å². The molecule has 0 saturated heterocycles. The maximum atomic E-state index is 10.1. The Balaban J connectivity index is 0.00000659. The van der Waals surface area contributed by atoms with Crippen molar-refractivity contribution < 1.29 is 25.6 Å². The van der Waals surface area contributed by atoms with Gasteiger partial charge in [0.25, 0.3) is 0 Å². The summed E-state index contributed by atoms with van der Waals surface area (Å²) in [5.41, 5.74) is 12.4. The Labute approximate surface area is 413 Å². The van der Waals surface area contributed by atoms with Gasteiger partial charge in [-0.25, -0.2) is 0 Å². The summed E-state index contributed by atoms with van der Waals surface area (Å²) < 4.78 is 40.3. The van der Waals surface area contributed by atoms with Crippen LogP contribution in [0.1, 0.15) is 116 Å². The molecule has 0 atom stereocenters. The first-order valence-electron chi connectivity index (χ1n) is 25.2. The van der Waals surface area contributed by atoms with Crippen molar-refractivity contribution >= 4 is 0 Å². The van der Waals surface area contributed by atoms with Crippen LogP contribution in [0.25, 0.3) is 44.9 Å². The maximum Gasteiger partial charge on any atom is 3.00 e. The number of hydrogen-bond acceptors (Lipinski definition) is 3. The van der Waals surface area contributed by atoms with E-state index in [2.05, 4.69) is 89.2 Å². The van der Waals surface area contributed by atoms with E-state index in [4.69, 9.17) is 15.0 Å². The van der Waals surface area contributed by atoms with Gasteiger partial charge < -0.3 is 15.0 Å². The van der Waals surface area contributed by atoms with Gasteiger partial charge in [0, 0.05) is 24.1 Å². The number of rotatable bonds is 14. The van der Waals surface area contributed by atoms with Gasteiger partial charge in [-0.1, -0.05) is 114 Å². The van der Waals surface area contributed by atoms with Crippen LogP contribution in [0.15, 0.2) is 158 Å². The first kappa shape index (κ1) is 41.6. The fraction of sp³-hybridized carbons (Fsp3) is 0.274. The van der Waals surface area contributed by atoms with Gasteiger partial charge in [-0.05, 0) is 135 Å². The molecule has 0 unspecified atom stereocenters. The number of pyridine rings is 3. The molecule has 332 valence electrons. The molecule has 8 aromatic rings. The Morgan fingerprint density at radius 1 is 0.530 bits per heavy atom. The molecule has 3 heterocycles. The minimum Gasteiger partial charge on any atom is -0.304 e. The van der Waals surface area contributed by atoms with E-state index in [1.54, 1.807) is 6.20 Å². The van der Waals surface area contributed by atoms with Gasteiger partial charge in [0.15, 0.2) is 0 Å². The second-order valence-electron chi connectivity index (χ2n) is 19.1. The zero-order valence-electron chi connectivity index (χ0n) is 42.7. The second-order valence-corrected chi connectivity index (χ2v) is 19.1. The van der Waals surface area contributed by atoms with Crippen molar-refractivity contribution in [3.63, 3.8) is 0 Å². The smallest absolute Gasteiger partial charge is 0.304 e. The summed E-state index contributed by atoms with van der Waals surface area (Å²) in [5.74, 6) is 0.440. The summed E-state index contributed by atoms with van der Waals surface area (Å²) >= 11 is 0. The zero-order chi connectivity index (χ0) is 48.4. The molecule has 0 bridgehead atoms. The van der Waals surface area contributed by atoms with Gasteiger partial charge in [0.05, 0.1) is 0 Å². The Kier molecular flexibility index (Phi) is 13.1. The molecule has 0 amide bonds. The van der Waals surface area contributed by atoms with Crippen molar-refractivity contribution in [3.8, 4) is 44.9 Å². The molecule has 1 fully saturated rings. The fourth-order valence-electron chi connectivity index (χ4n) is 9.51. The van der Waals surface area contributed by atoms with Gasteiger partial charge in [-0.3, -0.25) is 0 Å². The SMILES string of the molecule is [2H]C([2H])(c1cc(CC(C)(C)c2ccc(-c3[c-]cccc3)nc2)cc(CC(C)(C)c2ccc(-c3[c-]cccc3)nc2)c1)C([2H])([2H])c1cnc(-c2[c-]cccc2)cc1-c1cc(C2CCCCC2)ccc1C.[Ir+3]. The first-order chi connectivity index (χ1) is 33.1. The van der Waals surface area contributed by atoms with E-state index in [-0.39, 0.29) is 31.2 Å². The van der Waals surface area contributed by atoms with E-state index in [1.165, 1.54) is 24.8 Å². The molecule has 1 aliphatic carbocycles. The topological polar surface area (TPSA) is 38.7 Å². The van der Waals surface area contributed by atoms with E-state index in [0.717, 1.165) is 74.3 Å². The molecule has 1 aliphatic rings. The predicted octanol–water partition coefficient (Wildman–Crippen LogP) is 15.1. The molecular formula is C62H60IrN3. The summed E-state index contributed by atoms with van der Waals surface area (Å²) in [4.78, 5) is 14.5. The molecule has 1 saturated carbocycles. The predicted molar refractivity (Wildman–Crippen MR) is 269 cm³/mol. The van der Waals surface area contributed by atoms with Crippen molar-refractivity contribution in [2.45, 2.75) is 109 Å². The minimum atomic E-state index is -2.52. The Morgan fingerprint density at radius 2 is 1.05 bits per heavy atom. The molecule has 5 aromatic carbocycles. The van der Waals surface area contributed by atoms with Crippen LogP contribution in [0.3, 0.4) is 0 Å². The van der Waals surface area contributed by atoms with Crippen LogP contribution in [-0.4, -0.2) is 15.0 Å². The van der Waals surface area contributed by atoms with Crippen molar-refractivity contribution in [2.75, 3.05) is 0 Å². The van der Waals surface area contributed by atoms with Crippen LogP contribution in [0, 0.1) is 25.1 Å². The molecule has 66 heavy (non-hydrogen) atoms. The van der Waals surface area contributed by atoms with Gasteiger partial charge in [0.1, 0.15) is 0 Å². The Morgan fingerprint density at radius 3 is 1.55 bits per heavy atom. The molecule has 9 rings (SSSR count). The van der Waals surface area contributed by atoms with Crippen LogP contribution in [0.5, 0.6) is 0 Å². The van der Waals surface area contributed by atoms with Gasteiger partial charge in [0.2, 0.25) is 0 Å². The van der Waals surface area contributed by atoms with Crippen molar-refractivity contribution in [1.82, 2.24) is 15.0 Å². The quantitative estimate of drug-likeness (QED) is 0.102. The molecule has 3 nitrogen and oxygen atoms in total. The average Bonchev–Trinajstić information content (AvgIpc) is 3.37. The molecule has 0 N–H and O–H groups in total. The van der Waals surface area contributed by atoms with E-state index in [1.807, 2.05) is 116 Å². The first-order valence-corrected chi connectivity index (χ1v) is 23.2. The van der Waals surface area contributed by atoms with Gasteiger partial charge in [-0.2, -0.15) is 0 Å². The van der Waals surface area contributed by atoms with Crippen molar-refractivity contribution in [2.24, 2.45) is 0 Å². The van der Waals surface area contributed by atoms with Crippen LogP contribution < -0.4 is 0 Å². The average molecular weight is 1040 g/mol. The standard InChI is InChI=1S/C62H60N3.Ir/c1-44-26-28-52(48-18-10-6-11-19-48)37-56(44)57-38-60(51-24-16-9-17-25-51)63-41-53(57)29-27-45-34-46(39-61(2,3)54-30-32-58(64-42-54)49-20-12-7-13-21-49)36-47(35-45)40-62(4,5)55-31-33-59(65-43-55)50-22-14-8-15-23-50;/h7-9,12-17,20,22,24,26,28,30-38,41-43,48H,6,10-11,18-19,27,29,39-40H2,1-5H3;/q-3;+3/i27D2,29D2;. The summed E-state index contributed by atoms with van der Waals surface area (Å²) in [6.45, 7) is 10.8. The monoisotopic (exact) mass is 1040 g/mol. The molecular weight excluding hydrogens is 979 g/mol. The van der Waals surface area contributed by atoms with E-state index >= 15 is 0 Å². The molecule has 3 aromatic heterocycles. The van der Waals surface area contributed by atoms with E-state index < -0.39 is 23.6 Å². The van der Waals surface area contributed by atoms with Crippen LogP contribution in [0.4, 0.5) is 0 Å². The summed E-state index contributed by atoms with van der Waals surface area (Å²) in [7, 11) is 0. The van der Waals surface area contributed by atoms with Crippen molar-refractivity contribution in [1.29, 1.82) is 0 Å². The molecule has 0 spiro atoms. The molecule has 0 aliphatic heterocycles. The number of benzene rings is 5. The largest absolute Gasteiger partial charge is 3.00 e. The molecule has 4 heteroatoms. The third kappa shape index (κ3) is 11.1. The zero-order valence-corrected chi connectivity index (χ0v) is 41.1. The van der Waals surface area contributed by atoms with E-state index in [0.29, 0.717) is 30.0 Å². The normalized spacial score (nSPS) is 14.6. The van der Waals surface area contributed by atoms with Crippen LogP contribution in [-0.2, 0) is 56.5 Å². The number of aromatic nitrogens is 3. The molecule has 0 radical (unpaired) electrons. The summed E-state index contributed by atoms with van der Waals surface area (Å²) in [5, 5.41) is 0. The van der Waals surface area contributed by atoms with Crippen LogP contribution >= 0.6 is 0 Å². The van der Waals surface area contributed by atoms with Crippen molar-refractivity contribution in [3.05, 3.63) is 221 Å². The third-order valence-electron chi connectivity index (χ3n) is 13.3. The fourth-order valence-corrected chi connectivity index (χ4v) is 9.51. The van der Waals surface area contributed by atoms with Gasteiger partial charge >= 0.3 is 20.1 Å². The number of hydrogen-bond donors (Lipinski definition) is 0. The minimum absolute atomic E-state index is 0. The third-order valence-corrected chi connectivity index (χ3v) is 13.3. The summed E-state index contributed by atoms with van der Waals surface area (Å²) in [6.07, 6.45) is 7.47. The number of nitrogens with zero attached hydrogens (tertiary/aromatic N) is 3. The number of aryl methyl sites for hydroxylation is 3. The maximum absolute atomic E-state index is 10.1. The summed E-state index contributed by atoms with van der Waals surface area (Å²) in [6, 6.07) is 56.0. The Bertz CT molecular complexity index is 2910.